The van der Waals surface area contributed by atoms with Crippen LogP contribution in [0.5, 0.6) is 0 Å². The van der Waals surface area contributed by atoms with E-state index in [1.165, 1.54) is 0 Å². The van der Waals surface area contributed by atoms with E-state index in [1.54, 1.807) is 7.05 Å². The number of hydrogen-bond donors (Lipinski definition) is 1. The molecule has 15 heavy (non-hydrogen) atoms. The van der Waals surface area contributed by atoms with Crippen LogP contribution in [0.1, 0.15) is 33.6 Å². The largest absolute Gasteiger partial charge is 0.389 e. The van der Waals surface area contributed by atoms with Gasteiger partial charge in [0.1, 0.15) is 0 Å². The van der Waals surface area contributed by atoms with E-state index in [0.717, 1.165) is 0 Å². The molecule has 0 aliphatic rings. The van der Waals surface area contributed by atoms with Gasteiger partial charge in [-0.1, -0.05) is 0 Å². The Morgan fingerprint density at radius 1 is 1.20 bits per heavy atom. The number of alkyl halides is 3. The first kappa shape index (κ1) is 14.7. The minimum absolute atomic E-state index is 0.0517. The van der Waals surface area contributed by atoms with E-state index in [-0.39, 0.29) is 18.1 Å². The summed E-state index contributed by atoms with van der Waals surface area (Å²) in [5.74, 6) is 0. The molecule has 0 rings (SSSR count). The Kier molecular flexibility index (Phi) is 5.59. The number of likely N-dealkylation sites (N-methyl/N-ethyl adjacent to an activating group) is 1. The molecule has 0 radical (unpaired) electrons. The van der Waals surface area contributed by atoms with Gasteiger partial charge in [-0.3, -0.25) is 0 Å². The van der Waals surface area contributed by atoms with E-state index in [1.807, 2.05) is 20.8 Å². The van der Waals surface area contributed by atoms with Crippen molar-refractivity contribution in [2.24, 2.45) is 0 Å². The van der Waals surface area contributed by atoms with E-state index < -0.39 is 12.6 Å². The number of halogens is 3. The smallest absolute Gasteiger partial charge is 0.374 e. The molecule has 92 valence electrons. The van der Waals surface area contributed by atoms with Crippen molar-refractivity contribution in [3.05, 3.63) is 0 Å². The Labute approximate surface area is 89.2 Å². The predicted molar refractivity (Wildman–Crippen MR) is 53.8 cm³/mol. The lowest BCUT2D eigenvalue weighted by Crippen LogP contribution is -2.35. The number of rotatable bonds is 5. The zero-order valence-electron chi connectivity index (χ0n) is 9.74. The van der Waals surface area contributed by atoms with Crippen LogP contribution in [0.4, 0.5) is 13.2 Å². The van der Waals surface area contributed by atoms with Gasteiger partial charge in [0.25, 0.3) is 0 Å². The topological polar surface area (TPSA) is 21.3 Å². The molecule has 0 amide bonds. The number of nitrogens with one attached hydrogen (secondary N) is 1. The second kappa shape index (κ2) is 5.70. The van der Waals surface area contributed by atoms with Crippen molar-refractivity contribution in [2.75, 3.05) is 13.7 Å². The predicted octanol–water partition coefficient (Wildman–Crippen LogP) is 2.73. The van der Waals surface area contributed by atoms with Gasteiger partial charge in [0.05, 0.1) is 12.2 Å². The van der Waals surface area contributed by atoms with Crippen LogP contribution >= 0.6 is 0 Å². The van der Waals surface area contributed by atoms with Crippen molar-refractivity contribution < 1.29 is 17.9 Å². The fraction of sp³-hybridized carbons (Fsp3) is 1.00. The van der Waals surface area contributed by atoms with Crippen molar-refractivity contribution in [1.82, 2.24) is 5.32 Å². The van der Waals surface area contributed by atoms with Crippen LogP contribution in [-0.4, -0.2) is 31.5 Å². The highest BCUT2D eigenvalue weighted by Crippen LogP contribution is 2.22. The molecule has 0 heterocycles. The van der Waals surface area contributed by atoms with E-state index in [0.29, 0.717) is 6.61 Å². The minimum Gasteiger partial charge on any atom is -0.374 e. The molecular formula is C10H20F3NO. The molecule has 0 aliphatic heterocycles. The molecule has 2 nitrogen and oxygen atoms in total. The maximum absolute atomic E-state index is 12.0. The van der Waals surface area contributed by atoms with Crippen molar-refractivity contribution >= 4 is 0 Å². The summed E-state index contributed by atoms with van der Waals surface area (Å²) in [7, 11) is 1.65. The van der Waals surface area contributed by atoms with Crippen molar-refractivity contribution in [3.8, 4) is 0 Å². The minimum atomic E-state index is -4.09. The molecule has 0 aliphatic carbocycles. The van der Waals surface area contributed by atoms with Gasteiger partial charge in [0.2, 0.25) is 0 Å². The first-order chi connectivity index (χ1) is 6.64. The Morgan fingerprint density at radius 3 is 2.07 bits per heavy atom. The molecule has 0 bridgehead atoms. The second-order valence-electron chi connectivity index (χ2n) is 4.56. The highest BCUT2D eigenvalue weighted by Gasteiger charge is 2.28. The summed E-state index contributed by atoms with van der Waals surface area (Å²) in [6, 6.07) is -0.245. The second-order valence-corrected chi connectivity index (χ2v) is 4.56. The third kappa shape index (κ3) is 10.0. The zero-order chi connectivity index (χ0) is 12.1. The van der Waals surface area contributed by atoms with E-state index >= 15 is 0 Å². The third-order valence-electron chi connectivity index (χ3n) is 1.90. The molecule has 0 aromatic heterocycles. The first-order valence-electron chi connectivity index (χ1n) is 5.02. The molecule has 0 aromatic rings. The lowest BCUT2D eigenvalue weighted by molar-refractivity contribution is -0.138. The fourth-order valence-corrected chi connectivity index (χ4v) is 0.999. The Morgan fingerprint density at radius 2 is 1.73 bits per heavy atom. The lowest BCUT2D eigenvalue weighted by atomic mass is 10.1. The third-order valence-corrected chi connectivity index (χ3v) is 1.90. The normalized spacial score (nSPS) is 15.4. The Hall–Kier alpha value is -0.290. The average molecular weight is 227 g/mol. The molecule has 1 unspecified atom stereocenters. The van der Waals surface area contributed by atoms with Crippen LogP contribution in [0.3, 0.4) is 0 Å². The summed E-state index contributed by atoms with van der Waals surface area (Å²) in [4.78, 5) is 0. The SMILES string of the molecule is CNC(CCC(F)(F)F)COC(C)(C)C. The van der Waals surface area contributed by atoms with E-state index in [4.69, 9.17) is 4.74 Å². The van der Waals surface area contributed by atoms with E-state index in [9.17, 15) is 13.2 Å². The van der Waals surface area contributed by atoms with Gasteiger partial charge in [-0.15, -0.1) is 0 Å². The monoisotopic (exact) mass is 227 g/mol. The lowest BCUT2D eigenvalue weighted by Gasteiger charge is -2.24. The summed E-state index contributed by atoms with van der Waals surface area (Å²) >= 11 is 0. The van der Waals surface area contributed by atoms with E-state index in [2.05, 4.69) is 5.32 Å². The summed E-state index contributed by atoms with van der Waals surface area (Å²) in [5, 5.41) is 2.82. The summed E-state index contributed by atoms with van der Waals surface area (Å²) in [6.07, 6.45) is -4.81. The Bertz CT molecular complexity index is 156. The standard InChI is InChI=1S/C10H20F3NO/c1-9(2,3)15-7-8(14-4)5-6-10(11,12)13/h8,14H,5-7H2,1-4H3. The molecule has 0 aromatic carbocycles. The first-order valence-corrected chi connectivity index (χ1v) is 5.02. The summed E-state index contributed by atoms with van der Waals surface area (Å²) < 4.78 is 41.3. The molecule has 0 saturated heterocycles. The highest BCUT2D eigenvalue weighted by atomic mass is 19.4. The van der Waals surface area contributed by atoms with Crippen LogP contribution in [-0.2, 0) is 4.74 Å². The van der Waals surface area contributed by atoms with Crippen LogP contribution in [0.15, 0.2) is 0 Å². The van der Waals surface area contributed by atoms with Gasteiger partial charge < -0.3 is 10.1 Å². The number of hydrogen-bond acceptors (Lipinski definition) is 2. The average Bonchev–Trinajstić information content (AvgIpc) is 2.00. The molecule has 1 atom stereocenters. The van der Waals surface area contributed by atoms with Crippen molar-refractivity contribution in [1.29, 1.82) is 0 Å². The summed E-state index contributed by atoms with van der Waals surface area (Å²) in [6.45, 7) is 5.94. The van der Waals surface area contributed by atoms with Crippen LogP contribution < -0.4 is 5.32 Å². The van der Waals surface area contributed by atoms with Gasteiger partial charge in [-0.25, -0.2) is 0 Å². The molecule has 1 N–H and O–H groups in total. The number of ether oxygens (including phenoxy) is 1. The molecular weight excluding hydrogens is 207 g/mol. The highest BCUT2D eigenvalue weighted by molar-refractivity contribution is 4.69. The molecule has 0 spiro atoms. The maximum Gasteiger partial charge on any atom is 0.389 e. The van der Waals surface area contributed by atoms with Gasteiger partial charge in [0.15, 0.2) is 0 Å². The van der Waals surface area contributed by atoms with Crippen molar-refractivity contribution in [2.45, 2.75) is 51.4 Å². The Balaban J connectivity index is 3.84. The van der Waals surface area contributed by atoms with Crippen LogP contribution in [0.25, 0.3) is 0 Å². The zero-order valence-corrected chi connectivity index (χ0v) is 9.74. The maximum atomic E-state index is 12.0. The fourth-order valence-electron chi connectivity index (χ4n) is 0.999. The van der Waals surface area contributed by atoms with Gasteiger partial charge in [0, 0.05) is 12.5 Å². The molecule has 0 saturated carbocycles. The van der Waals surface area contributed by atoms with Gasteiger partial charge in [-0.05, 0) is 34.2 Å². The summed E-state index contributed by atoms with van der Waals surface area (Å²) in [5.41, 5.74) is -0.312. The van der Waals surface area contributed by atoms with Crippen LogP contribution in [0, 0.1) is 0 Å². The molecule has 0 fully saturated rings. The van der Waals surface area contributed by atoms with Crippen molar-refractivity contribution in [3.63, 3.8) is 0 Å². The quantitative estimate of drug-likeness (QED) is 0.779. The van der Waals surface area contributed by atoms with Gasteiger partial charge in [-0.2, -0.15) is 13.2 Å². The van der Waals surface area contributed by atoms with Gasteiger partial charge >= 0.3 is 6.18 Å². The van der Waals surface area contributed by atoms with Crippen LogP contribution in [0.2, 0.25) is 0 Å². The molecule has 5 heteroatoms.